The third kappa shape index (κ3) is 3.40. The van der Waals surface area contributed by atoms with Crippen LogP contribution in [-0.4, -0.2) is 37.4 Å². The average molecular weight is 372 g/mol. The fourth-order valence-electron chi connectivity index (χ4n) is 2.38. The molecule has 1 N–H and O–H groups in total. The number of hydrogen-bond acceptors (Lipinski definition) is 5. The van der Waals surface area contributed by atoms with Crippen molar-refractivity contribution in [3.8, 4) is 0 Å². The van der Waals surface area contributed by atoms with Gasteiger partial charge < -0.3 is 4.74 Å². The van der Waals surface area contributed by atoms with Crippen LogP contribution in [0.5, 0.6) is 0 Å². The van der Waals surface area contributed by atoms with E-state index in [2.05, 4.69) is 9.82 Å². The summed E-state index contributed by atoms with van der Waals surface area (Å²) in [5.41, 5.74) is -0.455. The molecule has 1 amide bonds. The van der Waals surface area contributed by atoms with E-state index in [1.165, 1.54) is 36.2 Å². The molecule has 1 aliphatic rings. The van der Waals surface area contributed by atoms with E-state index in [4.69, 9.17) is 4.74 Å². The van der Waals surface area contributed by atoms with Gasteiger partial charge in [0.2, 0.25) is 0 Å². The molecule has 1 saturated heterocycles. The van der Waals surface area contributed by atoms with Gasteiger partial charge in [0.25, 0.3) is 16.4 Å². The molecule has 11 heteroatoms. The lowest BCUT2D eigenvalue weighted by Gasteiger charge is -2.13. The van der Waals surface area contributed by atoms with Crippen molar-refractivity contribution in [1.29, 1.82) is 0 Å². The molecule has 0 unspecified atom stereocenters. The Morgan fingerprint density at radius 3 is 2.52 bits per heavy atom. The molecule has 0 saturated carbocycles. The van der Waals surface area contributed by atoms with Crippen LogP contribution < -0.4 is 9.62 Å². The first-order chi connectivity index (χ1) is 11.8. The van der Waals surface area contributed by atoms with Crippen molar-refractivity contribution in [2.24, 2.45) is 7.05 Å². The summed E-state index contributed by atoms with van der Waals surface area (Å²) in [6.07, 6.45) is -2.26. The summed E-state index contributed by atoms with van der Waals surface area (Å²) in [7, 11) is -2.67. The number of nitrogens with one attached hydrogen (secondary N) is 1. The van der Waals surface area contributed by atoms with Crippen LogP contribution in [0.15, 0.2) is 35.4 Å². The maximum absolute atomic E-state index is 12.9. The Morgan fingerprint density at radius 1 is 1.28 bits per heavy atom. The maximum atomic E-state index is 12.9. The summed E-state index contributed by atoms with van der Waals surface area (Å²) >= 11 is 0. The molecule has 1 aliphatic heterocycles. The molecule has 0 aliphatic carbocycles. The van der Waals surface area contributed by atoms with Gasteiger partial charge in [0.05, 0.1) is 17.1 Å². The summed E-state index contributed by atoms with van der Waals surface area (Å²) < 4.78 is 58.6. The number of carbonyl (C=O) groups excluding carboxylic acids is 1. The van der Waals surface area contributed by atoms with Crippen LogP contribution in [0.1, 0.15) is 12.1 Å². The van der Waals surface area contributed by atoms with Crippen LogP contribution >= 0.6 is 0 Å². The number of amides is 1. The number of carbonyl (C=O) groups is 1. The van der Waals surface area contributed by atoms with Gasteiger partial charge in [0.1, 0.15) is 6.61 Å². The minimum atomic E-state index is -4.08. The number of cyclic esters (lactones) is 1. The van der Waals surface area contributed by atoms with E-state index in [9.17, 15) is 22.0 Å². The van der Waals surface area contributed by atoms with Crippen LogP contribution in [0.25, 0.3) is 0 Å². The number of rotatable bonds is 5. The van der Waals surface area contributed by atoms with Gasteiger partial charge in [-0.15, -0.1) is 0 Å². The zero-order valence-corrected chi connectivity index (χ0v) is 13.8. The Hall–Kier alpha value is -2.69. The quantitative estimate of drug-likeness (QED) is 0.868. The molecule has 0 atom stereocenters. The Bertz CT molecular complexity index is 896. The second kappa shape index (κ2) is 6.31. The molecule has 0 radical (unpaired) electrons. The number of sulfonamides is 1. The number of aryl methyl sites for hydroxylation is 1. The number of hydrogen-bond donors (Lipinski definition) is 1. The van der Waals surface area contributed by atoms with E-state index >= 15 is 0 Å². The predicted molar refractivity (Wildman–Crippen MR) is 84.1 cm³/mol. The van der Waals surface area contributed by atoms with E-state index < -0.39 is 28.2 Å². The zero-order chi connectivity index (χ0) is 18.2. The van der Waals surface area contributed by atoms with Gasteiger partial charge in [0.15, 0.2) is 5.69 Å². The minimum Gasteiger partial charge on any atom is -0.447 e. The summed E-state index contributed by atoms with van der Waals surface area (Å²) in [5, 5.41) is 3.54. The SMILES string of the molecule is Cn1cc(NS(=O)(=O)c2ccc(N3CCOC3=O)cc2)c(C(F)F)n1. The van der Waals surface area contributed by atoms with Crippen LogP contribution in [0.3, 0.4) is 0 Å². The minimum absolute atomic E-state index is 0.132. The van der Waals surface area contributed by atoms with Crippen molar-refractivity contribution in [3.63, 3.8) is 0 Å². The van der Waals surface area contributed by atoms with E-state index in [0.29, 0.717) is 12.2 Å². The highest BCUT2D eigenvalue weighted by molar-refractivity contribution is 7.92. The molecule has 1 aromatic carbocycles. The third-order valence-corrected chi connectivity index (χ3v) is 4.91. The number of ether oxygens (including phenoxy) is 1. The molecule has 1 fully saturated rings. The molecule has 2 aromatic rings. The van der Waals surface area contributed by atoms with Gasteiger partial charge >= 0.3 is 6.09 Å². The summed E-state index contributed by atoms with van der Waals surface area (Å²) in [5.74, 6) is 0. The summed E-state index contributed by atoms with van der Waals surface area (Å²) in [4.78, 5) is 12.7. The highest BCUT2D eigenvalue weighted by Crippen LogP contribution is 2.28. The number of benzene rings is 1. The van der Waals surface area contributed by atoms with Crippen molar-refractivity contribution >= 4 is 27.5 Å². The monoisotopic (exact) mass is 372 g/mol. The topological polar surface area (TPSA) is 93.5 Å². The molecule has 8 nitrogen and oxygen atoms in total. The lowest BCUT2D eigenvalue weighted by molar-refractivity contribution is 0.146. The van der Waals surface area contributed by atoms with E-state index in [-0.39, 0.29) is 17.2 Å². The van der Waals surface area contributed by atoms with Crippen molar-refractivity contribution in [1.82, 2.24) is 9.78 Å². The first-order valence-electron chi connectivity index (χ1n) is 7.17. The van der Waals surface area contributed by atoms with Crippen molar-refractivity contribution in [2.75, 3.05) is 22.8 Å². The number of nitrogens with zero attached hydrogens (tertiary/aromatic N) is 3. The Kier molecular flexibility index (Phi) is 4.33. The van der Waals surface area contributed by atoms with Crippen molar-refractivity contribution < 1.29 is 26.7 Å². The highest BCUT2D eigenvalue weighted by Gasteiger charge is 2.25. The second-order valence-electron chi connectivity index (χ2n) is 5.27. The van der Waals surface area contributed by atoms with E-state index in [1.54, 1.807) is 0 Å². The highest BCUT2D eigenvalue weighted by atomic mass is 32.2. The van der Waals surface area contributed by atoms with Crippen LogP contribution in [-0.2, 0) is 21.8 Å². The molecule has 0 spiro atoms. The van der Waals surface area contributed by atoms with Crippen LogP contribution in [0, 0.1) is 0 Å². The third-order valence-electron chi connectivity index (χ3n) is 3.53. The van der Waals surface area contributed by atoms with Crippen molar-refractivity contribution in [3.05, 3.63) is 36.2 Å². The summed E-state index contributed by atoms with van der Waals surface area (Å²) in [6.45, 7) is 0.633. The second-order valence-corrected chi connectivity index (χ2v) is 6.95. The smallest absolute Gasteiger partial charge is 0.414 e. The van der Waals surface area contributed by atoms with Crippen molar-refractivity contribution in [2.45, 2.75) is 11.3 Å². The molecule has 134 valence electrons. The molecule has 2 heterocycles. The Labute approximate surface area is 142 Å². The molecular formula is C14H14F2N4O4S. The number of halogens is 2. The largest absolute Gasteiger partial charge is 0.447 e. The Morgan fingerprint density at radius 2 is 1.96 bits per heavy atom. The van der Waals surface area contributed by atoms with Crippen LogP contribution in [0.4, 0.5) is 25.0 Å². The molecule has 3 rings (SSSR count). The molecular weight excluding hydrogens is 358 g/mol. The molecule has 1 aromatic heterocycles. The molecule has 0 bridgehead atoms. The average Bonchev–Trinajstić information content (AvgIpc) is 3.13. The van der Waals surface area contributed by atoms with Crippen LogP contribution in [0.2, 0.25) is 0 Å². The van der Waals surface area contributed by atoms with Gasteiger partial charge in [-0.25, -0.2) is 22.0 Å². The van der Waals surface area contributed by atoms with E-state index in [0.717, 1.165) is 10.9 Å². The maximum Gasteiger partial charge on any atom is 0.414 e. The number of aromatic nitrogens is 2. The predicted octanol–water partition coefficient (Wildman–Crippen LogP) is 2.12. The van der Waals surface area contributed by atoms with E-state index in [1.807, 2.05) is 0 Å². The first kappa shape index (κ1) is 17.1. The standard InChI is InChI=1S/C14H14F2N4O4S/c1-19-8-11(12(17-19)13(15)16)18-25(22,23)10-4-2-9(3-5-10)20-6-7-24-14(20)21/h2-5,8,13,18H,6-7H2,1H3. The van der Waals surface area contributed by atoms with Gasteiger partial charge in [-0.1, -0.05) is 0 Å². The van der Waals surface area contributed by atoms with Gasteiger partial charge in [-0.2, -0.15) is 5.10 Å². The first-order valence-corrected chi connectivity index (χ1v) is 8.65. The summed E-state index contributed by atoms with van der Waals surface area (Å²) in [6, 6.07) is 5.44. The number of anilines is 2. The number of alkyl halides is 2. The van der Waals surface area contributed by atoms with Gasteiger partial charge in [0, 0.05) is 18.9 Å². The Balaban J connectivity index is 1.84. The zero-order valence-electron chi connectivity index (χ0n) is 13.0. The lowest BCUT2D eigenvalue weighted by atomic mass is 10.3. The normalized spacial score (nSPS) is 14.9. The van der Waals surface area contributed by atoms with Gasteiger partial charge in [-0.3, -0.25) is 14.3 Å². The lowest BCUT2D eigenvalue weighted by Crippen LogP contribution is -2.23. The fourth-order valence-corrected chi connectivity index (χ4v) is 3.44. The molecule has 25 heavy (non-hydrogen) atoms. The fraction of sp³-hybridized carbons (Fsp3) is 0.286. The van der Waals surface area contributed by atoms with Gasteiger partial charge in [-0.05, 0) is 24.3 Å².